The Bertz CT molecular complexity index is 699. The van der Waals surface area contributed by atoms with Crippen molar-refractivity contribution in [2.45, 2.75) is 18.7 Å². The summed E-state index contributed by atoms with van der Waals surface area (Å²) in [6.07, 6.45) is 0.693. The predicted molar refractivity (Wildman–Crippen MR) is 90.7 cm³/mol. The standard InChI is InChI=1S/C14H17BrN2O2S2/c15-14-5-4-13(20-14)6-7-17-21(18,19)10-12-3-1-2-11(8-12)9-16/h1-5,8,17H,6-7,9-10,16H2. The summed E-state index contributed by atoms with van der Waals surface area (Å²) in [5, 5.41) is 0. The third kappa shape index (κ3) is 5.52. The lowest BCUT2D eigenvalue weighted by Gasteiger charge is -2.07. The molecule has 2 rings (SSSR count). The first-order valence-electron chi connectivity index (χ1n) is 6.48. The van der Waals surface area contributed by atoms with Crippen molar-refractivity contribution in [3.8, 4) is 0 Å². The smallest absolute Gasteiger partial charge is 0.215 e. The molecule has 114 valence electrons. The summed E-state index contributed by atoms with van der Waals surface area (Å²) < 4.78 is 27.8. The molecule has 0 aliphatic carbocycles. The van der Waals surface area contributed by atoms with Crippen LogP contribution >= 0.6 is 27.3 Å². The first kappa shape index (κ1) is 16.6. The number of hydrogen-bond donors (Lipinski definition) is 2. The highest BCUT2D eigenvalue weighted by molar-refractivity contribution is 9.11. The second-order valence-corrected chi connectivity index (χ2v) is 8.99. The third-order valence-corrected chi connectivity index (χ3v) is 5.95. The molecule has 2 aromatic rings. The number of nitrogens with one attached hydrogen (secondary N) is 1. The van der Waals surface area contributed by atoms with E-state index in [0.29, 0.717) is 19.5 Å². The van der Waals surface area contributed by atoms with Crippen molar-refractivity contribution in [3.05, 3.63) is 56.2 Å². The lowest BCUT2D eigenvalue weighted by atomic mass is 10.1. The van der Waals surface area contributed by atoms with Crippen LogP contribution in [0.1, 0.15) is 16.0 Å². The van der Waals surface area contributed by atoms with E-state index in [2.05, 4.69) is 20.7 Å². The molecular formula is C14H17BrN2O2S2. The summed E-state index contributed by atoms with van der Waals surface area (Å²) >= 11 is 5.01. The molecule has 21 heavy (non-hydrogen) atoms. The Morgan fingerprint density at radius 1 is 1.19 bits per heavy atom. The van der Waals surface area contributed by atoms with Crippen LogP contribution in [0.25, 0.3) is 0 Å². The van der Waals surface area contributed by atoms with E-state index in [9.17, 15) is 8.42 Å². The molecule has 0 bridgehead atoms. The molecule has 0 fully saturated rings. The van der Waals surface area contributed by atoms with E-state index in [1.165, 1.54) is 0 Å². The minimum Gasteiger partial charge on any atom is -0.326 e. The Balaban J connectivity index is 1.89. The molecule has 0 saturated heterocycles. The number of halogens is 1. The van der Waals surface area contributed by atoms with Gasteiger partial charge >= 0.3 is 0 Å². The van der Waals surface area contributed by atoms with Gasteiger partial charge in [-0.15, -0.1) is 11.3 Å². The lowest BCUT2D eigenvalue weighted by molar-refractivity contribution is 0.581. The van der Waals surface area contributed by atoms with Crippen LogP contribution < -0.4 is 10.5 Å². The minimum absolute atomic E-state index is 0.0189. The summed E-state index contributed by atoms with van der Waals surface area (Å²) in [6.45, 7) is 0.820. The Morgan fingerprint density at radius 3 is 2.62 bits per heavy atom. The molecule has 0 atom stereocenters. The molecule has 1 heterocycles. The summed E-state index contributed by atoms with van der Waals surface area (Å²) in [5.41, 5.74) is 7.25. The van der Waals surface area contributed by atoms with Gasteiger partial charge in [0.25, 0.3) is 0 Å². The Hall–Kier alpha value is -0.730. The van der Waals surface area contributed by atoms with E-state index in [4.69, 9.17) is 5.73 Å². The number of thiophene rings is 1. The van der Waals surface area contributed by atoms with Crippen molar-refractivity contribution in [1.82, 2.24) is 4.72 Å². The van der Waals surface area contributed by atoms with Crippen molar-refractivity contribution in [2.75, 3.05) is 6.54 Å². The highest BCUT2D eigenvalue weighted by atomic mass is 79.9. The van der Waals surface area contributed by atoms with Gasteiger partial charge in [0.05, 0.1) is 9.54 Å². The maximum atomic E-state index is 12.0. The fourth-order valence-corrected chi connectivity index (χ4v) is 4.55. The van der Waals surface area contributed by atoms with Crippen molar-refractivity contribution < 1.29 is 8.42 Å². The molecule has 0 amide bonds. The summed E-state index contributed by atoms with van der Waals surface area (Å²) in [4.78, 5) is 1.15. The van der Waals surface area contributed by atoms with Crippen LogP contribution in [0.2, 0.25) is 0 Å². The minimum atomic E-state index is -3.32. The zero-order valence-electron chi connectivity index (χ0n) is 11.4. The largest absolute Gasteiger partial charge is 0.326 e. The quantitative estimate of drug-likeness (QED) is 0.765. The molecule has 3 N–H and O–H groups in total. The molecule has 7 heteroatoms. The summed E-state index contributed by atoms with van der Waals surface area (Å²) in [6, 6.07) is 11.3. The number of rotatable bonds is 7. The van der Waals surface area contributed by atoms with E-state index in [1.807, 2.05) is 30.3 Å². The molecule has 0 saturated carbocycles. The van der Waals surface area contributed by atoms with Gasteiger partial charge in [-0.25, -0.2) is 13.1 Å². The fraction of sp³-hybridized carbons (Fsp3) is 0.286. The van der Waals surface area contributed by atoms with E-state index in [0.717, 1.165) is 19.8 Å². The van der Waals surface area contributed by atoms with Crippen LogP contribution in [0.15, 0.2) is 40.2 Å². The van der Waals surface area contributed by atoms with Gasteiger partial charge in [0, 0.05) is 18.0 Å². The third-order valence-electron chi connectivity index (χ3n) is 2.91. The van der Waals surface area contributed by atoms with Crippen LogP contribution in [0.4, 0.5) is 0 Å². The van der Waals surface area contributed by atoms with Crippen molar-refractivity contribution in [2.24, 2.45) is 5.73 Å². The summed E-state index contributed by atoms with van der Waals surface area (Å²) in [7, 11) is -3.32. The van der Waals surface area contributed by atoms with Gasteiger partial charge in [-0.3, -0.25) is 0 Å². The van der Waals surface area contributed by atoms with E-state index < -0.39 is 10.0 Å². The van der Waals surface area contributed by atoms with Gasteiger partial charge in [0.15, 0.2) is 0 Å². The van der Waals surface area contributed by atoms with E-state index in [-0.39, 0.29) is 5.75 Å². The van der Waals surface area contributed by atoms with Gasteiger partial charge < -0.3 is 5.73 Å². The monoisotopic (exact) mass is 388 g/mol. The fourth-order valence-electron chi connectivity index (χ4n) is 1.93. The number of sulfonamides is 1. The molecule has 0 spiro atoms. The highest BCUT2D eigenvalue weighted by Gasteiger charge is 2.11. The maximum absolute atomic E-state index is 12.0. The molecule has 0 radical (unpaired) electrons. The number of benzene rings is 1. The summed E-state index contributed by atoms with van der Waals surface area (Å²) in [5.74, 6) is -0.0189. The van der Waals surface area contributed by atoms with Crippen LogP contribution in [0.5, 0.6) is 0 Å². The topological polar surface area (TPSA) is 72.2 Å². The zero-order chi connectivity index (χ0) is 15.3. The second kappa shape index (κ2) is 7.51. The second-order valence-electron chi connectivity index (χ2n) is 4.63. The van der Waals surface area contributed by atoms with E-state index >= 15 is 0 Å². The highest BCUT2D eigenvalue weighted by Crippen LogP contribution is 2.22. The zero-order valence-corrected chi connectivity index (χ0v) is 14.6. The van der Waals surface area contributed by atoms with Gasteiger partial charge in [0.2, 0.25) is 10.0 Å². The molecule has 1 aromatic heterocycles. The first-order valence-corrected chi connectivity index (χ1v) is 9.74. The molecule has 0 aliphatic rings. The number of nitrogens with two attached hydrogens (primary N) is 1. The van der Waals surface area contributed by atoms with Gasteiger partial charge in [0.1, 0.15) is 0 Å². The lowest BCUT2D eigenvalue weighted by Crippen LogP contribution is -2.27. The van der Waals surface area contributed by atoms with Gasteiger partial charge in [-0.05, 0) is 45.6 Å². The predicted octanol–water partition coefficient (Wildman–Crippen LogP) is 2.63. The number of hydrogen-bond acceptors (Lipinski definition) is 4. The molecule has 1 aromatic carbocycles. The Labute approximate surface area is 137 Å². The maximum Gasteiger partial charge on any atom is 0.215 e. The van der Waals surface area contributed by atoms with E-state index in [1.54, 1.807) is 17.4 Å². The van der Waals surface area contributed by atoms with Crippen molar-refractivity contribution >= 4 is 37.3 Å². The van der Waals surface area contributed by atoms with Crippen LogP contribution in [-0.4, -0.2) is 15.0 Å². The Morgan fingerprint density at radius 2 is 1.95 bits per heavy atom. The Kier molecular flexibility index (Phi) is 5.95. The average molecular weight is 389 g/mol. The molecular weight excluding hydrogens is 372 g/mol. The van der Waals surface area contributed by atoms with Gasteiger partial charge in [-0.2, -0.15) is 0 Å². The van der Waals surface area contributed by atoms with Crippen molar-refractivity contribution in [1.29, 1.82) is 0 Å². The van der Waals surface area contributed by atoms with Crippen molar-refractivity contribution in [3.63, 3.8) is 0 Å². The van der Waals surface area contributed by atoms with Crippen LogP contribution in [0.3, 0.4) is 0 Å². The molecule has 0 aliphatic heterocycles. The van der Waals surface area contributed by atoms with Crippen LogP contribution in [0, 0.1) is 0 Å². The first-order chi connectivity index (χ1) is 9.98. The van der Waals surface area contributed by atoms with Crippen LogP contribution in [-0.2, 0) is 28.7 Å². The normalized spacial score (nSPS) is 11.7. The SMILES string of the molecule is NCc1cccc(CS(=O)(=O)NCCc2ccc(Br)s2)c1. The average Bonchev–Trinajstić information content (AvgIpc) is 2.84. The molecule has 4 nitrogen and oxygen atoms in total. The molecule has 0 unspecified atom stereocenters. The van der Waals surface area contributed by atoms with Gasteiger partial charge in [-0.1, -0.05) is 24.3 Å².